The Morgan fingerprint density at radius 1 is 1.35 bits per heavy atom. The Morgan fingerprint density at radius 3 is 2.50 bits per heavy atom. The summed E-state index contributed by atoms with van der Waals surface area (Å²) in [7, 11) is 3.28. The van der Waals surface area contributed by atoms with Crippen LogP contribution in [0, 0.1) is 13.8 Å². The zero-order valence-corrected chi connectivity index (χ0v) is 12.4. The van der Waals surface area contributed by atoms with Crippen LogP contribution in [-0.4, -0.2) is 28.0 Å². The third kappa shape index (κ3) is 2.25. The summed E-state index contributed by atoms with van der Waals surface area (Å²) < 4.78 is 6.91. The number of hydrogen-bond acceptors (Lipinski definition) is 3. The monoisotopic (exact) mass is 294 g/mol. The largest absolute Gasteiger partial charge is 0.496 e. The van der Waals surface area contributed by atoms with Gasteiger partial charge in [-0.2, -0.15) is 5.10 Å². The zero-order chi connectivity index (χ0) is 15.0. The second-order valence-electron chi connectivity index (χ2n) is 4.53. The highest BCUT2D eigenvalue weighted by molar-refractivity contribution is 6.32. The Labute approximate surface area is 121 Å². The lowest BCUT2D eigenvalue weighted by molar-refractivity contribution is 0.0689. The molecule has 5 nitrogen and oxygen atoms in total. The van der Waals surface area contributed by atoms with E-state index < -0.39 is 5.97 Å². The molecule has 1 aromatic heterocycles. The summed E-state index contributed by atoms with van der Waals surface area (Å²) in [6.45, 7) is 3.79. The van der Waals surface area contributed by atoms with Gasteiger partial charge in [-0.1, -0.05) is 11.6 Å². The molecule has 0 aliphatic carbocycles. The van der Waals surface area contributed by atoms with Crippen LogP contribution in [-0.2, 0) is 7.05 Å². The molecule has 0 radical (unpaired) electrons. The van der Waals surface area contributed by atoms with Crippen molar-refractivity contribution >= 4 is 17.6 Å². The molecule has 0 bridgehead atoms. The predicted molar refractivity (Wildman–Crippen MR) is 76.6 cm³/mol. The van der Waals surface area contributed by atoms with E-state index in [9.17, 15) is 4.79 Å². The van der Waals surface area contributed by atoms with Gasteiger partial charge in [-0.3, -0.25) is 4.68 Å². The fraction of sp³-hybridized carbons (Fsp3) is 0.286. The van der Waals surface area contributed by atoms with E-state index in [1.807, 2.05) is 13.8 Å². The number of benzene rings is 1. The van der Waals surface area contributed by atoms with Crippen LogP contribution in [0.15, 0.2) is 12.1 Å². The van der Waals surface area contributed by atoms with Gasteiger partial charge in [-0.15, -0.1) is 0 Å². The normalized spacial score (nSPS) is 10.7. The van der Waals surface area contributed by atoms with Crippen molar-refractivity contribution in [2.75, 3.05) is 7.11 Å². The zero-order valence-electron chi connectivity index (χ0n) is 11.7. The summed E-state index contributed by atoms with van der Waals surface area (Å²) in [5.41, 5.74) is 3.24. The molecule has 0 atom stereocenters. The van der Waals surface area contributed by atoms with Gasteiger partial charge < -0.3 is 9.84 Å². The van der Waals surface area contributed by atoms with Crippen LogP contribution < -0.4 is 4.74 Å². The van der Waals surface area contributed by atoms with Crippen LogP contribution in [0.3, 0.4) is 0 Å². The van der Waals surface area contributed by atoms with Gasteiger partial charge in [0.25, 0.3) is 0 Å². The van der Waals surface area contributed by atoms with Crippen molar-refractivity contribution in [2.45, 2.75) is 13.8 Å². The molecule has 0 spiro atoms. The summed E-state index contributed by atoms with van der Waals surface area (Å²) in [6, 6.07) is 3.33. The van der Waals surface area contributed by atoms with Crippen molar-refractivity contribution in [3.8, 4) is 17.0 Å². The highest BCUT2D eigenvalue weighted by Gasteiger charge is 2.18. The number of carboxylic acids is 1. The highest BCUT2D eigenvalue weighted by atomic mass is 35.5. The molecule has 0 amide bonds. The lowest BCUT2D eigenvalue weighted by Crippen LogP contribution is -2.00. The number of hydrogen-bond donors (Lipinski definition) is 1. The number of aromatic nitrogens is 2. The van der Waals surface area contributed by atoms with E-state index in [1.165, 1.54) is 10.7 Å². The maximum atomic E-state index is 11.0. The topological polar surface area (TPSA) is 64.3 Å². The number of ether oxygens (including phenoxy) is 1. The number of aromatic carboxylic acids is 1. The minimum absolute atomic E-state index is 0.00226. The average Bonchev–Trinajstić information content (AvgIpc) is 2.77. The molecule has 6 heteroatoms. The average molecular weight is 295 g/mol. The van der Waals surface area contributed by atoms with E-state index in [0.717, 1.165) is 16.7 Å². The Hall–Kier alpha value is -2.01. The molecule has 2 aromatic rings. The molecule has 1 heterocycles. The number of halogens is 1. The fourth-order valence-corrected chi connectivity index (χ4v) is 2.45. The number of rotatable bonds is 3. The van der Waals surface area contributed by atoms with Crippen LogP contribution in [0.1, 0.15) is 21.6 Å². The van der Waals surface area contributed by atoms with E-state index in [2.05, 4.69) is 5.10 Å². The smallest absolute Gasteiger partial charge is 0.356 e. The number of nitrogens with zero attached hydrogens (tertiary/aromatic N) is 2. The fourth-order valence-electron chi connectivity index (χ4n) is 2.25. The van der Waals surface area contributed by atoms with Gasteiger partial charge >= 0.3 is 5.97 Å². The van der Waals surface area contributed by atoms with Crippen molar-refractivity contribution in [1.29, 1.82) is 0 Å². The Balaban J connectivity index is 2.70. The molecule has 106 valence electrons. The molecule has 2 rings (SSSR count). The molecule has 20 heavy (non-hydrogen) atoms. The Bertz CT molecular complexity index is 692. The van der Waals surface area contributed by atoms with Crippen molar-refractivity contribution in [3.05, 3.63) is 34.0 Å². The predicted octanol–water partition coefficient (Wildman–Crippen LogP) is 3.06. The SMILES string of the molecule is COc1c(C)c(Cl)cc(-c2cc(C(=O)O)nn2C)c1C. The van der Waals surface area contributed by atoms with Gasteiger partial charge in [0.1, 0.15) is 5.75 Å². The van der Waals surface area contributed by atoms with Crippen molar-refractivity contribution in [1.82, 2.24) is 9.78 Å². The van der Waals surface area contributed by atoms with Crippen molar-refractivity contribution < 1.29 is 14.6 Å². The van der Waals surface area contributed by atoms with Gasteiger partial charge in [0.15, 0.2) is 5.69 Å². The highest BCUT2D eigenvalue weighted by Crippen LogP contribution is 2.37. The molecular formula is C14H15ClN2O3. The Kier molecular flexibility index (Phi) is 3.72. The van der Waals surface area contributed by atoms with Crippen LogP contribution >= 0.6 is 11.6 Å². The van der Waals surface area contributed by atoms with Crippen molar-refractivity contribution in [2.24, 2.45) is 7.05 Å². The van der Waals surface area contributed by atoms with Gasteiger partial charge in [0.2, 0.25) is 0 Å². The molecule has 0 saturated heterocycles. The number of carbonyl (C=O) groups is 1. The standard InChI is InChI=1S/C14H15ClN2O3/c1-7-9(5-10(15)8(2)13(7)20-4)12-6-11(14(18)19)16-17(12)3/h5-6H,1-4H3,(H,18,19). The van der Waals surface area contributed by atoms with E-state index in [-0.39, 0.29) is 5.69 Å². The molecule has 0 aliphatic heterocycles. The molecule has 0 unspecified atom stereocenters. The number of carboxylic acid groups (broad SMARTS) is 1. The first kappa shape index (κ1) is 14.4. The van der Waals surface area contributed by atoms with Gasteiger partial charge in [0, 0.05) is 28.8 Å². The van der Waals surface area contributed by atoms with Gasteiger partial charge in [-0.25, -0.2) is 4.79 Å². The summed E-state index contributed by atoms with van der Waals surface area (Å²) in [6.07, 6.45) is 0. The second-order valence-corrected chi connectivity index (χ2v) is 4.94. The van der Waals surface area contributed by atoms with Crippen molar-refractivity contribution in [3.63, 3.8) is 0 Å². The van der Waals surface area contributed by atoms with Crippen LogP contribution in [0.25, 0.3) is 11.3 Å². The summed E-state index contributed by atoms with van der Waals surface area (Å²) in [5, 5.41) is 13.6. The third-order valence-corrected chi connectivity index (χ3v) is 3.69. The second kappa shape index (κ2) is 5.17. The van der Waals surface area contributed by atoms with E-state index in [4.69, 9.17) is 21.4 Å². The number of aryl methyl sites for hydroxylation is 1. The van der Waals surface area contributed by atoms with Crippen LogP contribution in [0.4, 0.5) is 0 Å². The number of methoxy groups -OCH3 is 1. The summed E-state index contributed by atoms with van der Waals surface area (Å²) in [4.78, 5) is 11.0. The first-order valence-corrected chi connectivity index (χ1v) is 6.36. The lowest BCUT2D eigenvalue weighted by atomic mass is 10.0. The molecule has 0 fully saturated rings. The Morgan fingerprint density at radius 2 is 2.00 bits per heavy atom. The maximum absolute atomic E-state index is 11.0. The summed E-state index contributed by atoms with van der Waals surface area (Å²) in [5.74, 6) is -0.361. The first-order valence-electron chi connectivity index (χ1n) is 5.98. The van der Waals surface area contributed by atoms with E-state index in [1.54, 1.807) is 20.2 Å². The molecule has 0 saturated carbocycles. The molecule has 1 aromatic carbocycles. The van der Waals surface area contributed by atoms with Crippen LogP contribution in [0.5, 0.6) is 5.75 Å². The summed E-state index contributed by atoms with van der Waals surface area (Å²) >= 11 is 6.22. The molecule has 0 aliphatic rings. The maximum Gasteiger partial charge on any atom is 0.356 e. The third-order valence-electron chi connectivity index (χ3n) is 3.29. The molecular weight excluding hydrogens is 280 g/mol. The minimum Gasteiger partial charge on any atom is -0.496 e. The van der Waals surface area contributed by atoms with Gasteiger partial charge in [-0.05, 0) is 26.0 Å². The van der Waals surface area contributed by atoms with E-state index >= 15 is 0 Å². The van der Waals surface area contributed by atoms with E-state index in [0.29, 0.717) is 16.5 Å². The molecule has 1 N–H and O–H groups in total. The minimum atomic E-state index is -1.06. The lowest BCUT2D eigenvalue weighted by Gasteiger charge is -2.14. The quantitative estimate of drug-likeness (QED) is 0.945. The first-order chi connectivity index (χ1) is 9.36. The van der Waals surface area contributed by atoms with Crippen LogP contribution in [0.2, 0.25) is 5.02 Å². The van der Waals surface area contributed by atoms with Gasteiger partial charge in [0.05, 0.1) is 12.8 Å².